The van der Waals surface area contributed by atoms with Crippen LogP contribution in [0.2, 0.25) is 0 Å². The Bertz CT molecular complexity index is 302. The first kappa shape index (κ1) is 10.9. The van der Waals surface area contributed by atoms with Crippen molar-refractivity contribution in [3.8, 4) is 0 Å². The molecular formula is C10H14BrNS. The minimum Gasteiger partial charge on any atom is -0.242 e. The summed E-state index contributed by atoms with van der Waals surface area (Å²) in [6.45, 7) is 6.44. The zero-order valence-electron chi connectivity index (χ0n) is 8.17. The highest BCUT2D eigenvalue weighted by molar-refractivity contribution is 9.09. The number of allylic oxidation sites excluding steroid dienone is 1. The van der Waals surface area contributed by atoms with Crippen LogP contribution in [0.1, 0.15) is 37.4 Å². The normalized spacial score (nSPS) is 12.5. The molecule has 1 nitrogen and oxygen atoms in total. The van der Waals surface area contributed by atoms with Gasteiger partial charge in [-0.25, -0.2) is 4.98 Å². The van der Waals surface area contributed by atoms with Crippen LogP contribution in [0.15, 0.2) is 11.0 Å². The molecule has 0 aliphatic carbocycles. The molecule has 1 rings (SSSR count). The molecule has 0 spiro atoms. The maximum atomic E-state index is 4.52. The van der Waals surface area contributed by atoms with Crippen LogP contribution in [-0.2, 0) is 0 Å². The lowest BCUT2D eigenvalue weighted by atomic mass is 10.2. The second-order valence-electron chi connectivity index (χ2n) is 3.39. The van der Waals surface area contributed by atoms with E-state index in [1.165, 1.54) is 10.6 Å². The Morgan fingerprint density at radius 2 is 2.38 bits per heavy atom. The van der Waals surface area contributed by atoms with E-state index in [4.69, 9.17) is 0 Å². The largest absolute Gasteiger partial charge is 0.242 e. The van der Waals surface area contributed by atoms with E-state index in [0.29, 0.717) is 5.92 Å². The molecule has 0 atom stereocenters. The average molecular weight is 260 g/mol. The first-order chi connectivity index (χ1) is 6.13. The molecule has 0 bridgehead atoms. The Morgan fingerprint density at radius 3 is 2.85 bits per heavy atom. The van der Waals surface area contributed by atoms with Gasteiger partial charge in [-0.05, 0) is 13.0 Å². The highest BCUT2D eigenvalue weighted by atomic mass is 79.9. The van der Waals surface area contributed by atoms with E-state index in [0.717, 1.165) is 11.0 Å². The molecule has 0 saturated carbocycles. The molecule has 0 unspecified atom stereocenters. The van der Waals surface area contributed by atoms with Crippen LogP contribution in [0.25, 0.3) is 6.08 Å². The Labute approximate surface area is 92.0 Å². The fourth-order valence-electron chi connectivity index (χ4n) is 0.923. The van der Waals surface area contributed by atoms with Crippen LogP contribution >= 0.6 is 27.3 Å². The van der Waals surface area contributed by atoms with E-state index >= 15 is 0 Å². The molecule has 0 aliphatic heterocycles. The summed E-state index contributed by atoms with van der Waals surface area (Å²) >= 11 is 5.15. The van der Waals surface area contributed by atoms with Gasteiger partial charge >= 0.3 is 0 Å². The fraction of sp³-hybridized carbons (Fsp3) is 0.500. The lowest BCUT2D eigenvalue weighted by Gasteiger charge is -1.95. The lowest BCUT2D eigenvalue weighted by Crippen LogP contribution is -1.85. The van der Waals surface area contributed by atoms with Crippen molar-refractivity contribution in [1.29, 1.82) is 0 Å². The van der Waals surface area contributed by atoms with E-state index in [1.54, 1.807) is 11.3 Å². The highest BCUT2D eigenvalue weighted by Gasteiger charge is 2.03. The number of halogens is 1. The zero-order valence-corrected chi connectivity index (χ0v) is 10.6. The number of nitrogens with zero attached hydrogens (tertiary/aromatic N) is 1. The molecule has 0 aliphatic rings. The van der Waals surface area contributed by atoms with E-state index in [-0.39, 0.29) is 0 Å². The number of thiazole rings is 1. The predicted octanol–water partition coefficient (Wildman–Crippen LogP) is 4.06. The minimum atomic E-state index is 0.538. The van der Waals surface area contributed by atoms with Gasteiger partial charge in [-0.1, -0.05) is 35.4 Å². The first-order valence-corrected chi connectivity index (χ1v) is 6.32. The Morgan fingerprint density at radius 1 is 1.69 bits per heavy atom. The van der Waals surface area contributed by atoms with Gasteiger partial charge in [0.25, 0.3) is 0 Å². The highest BCUT2D eigenvalue weighted by Crippen LogP contribution is 2.20. The summed E-state index contributed by atoms with van der Waals surface area (Å²) in [6.07, 6.45) is 2.12. The van der Waals surface area contributed by atoms with Gasteiger partial charge in [0.2, 0.25) is 0 Å². The topological polar surface area (TPSA) is 12.9 Å². The number of aromatic nitrogens is 1. The monoisotopic (exact) mass is 259 g/mol. The van der Waals surface area contributed by atoms with E-state index in [2.05, 4.69) is 53.1 Å². The average Bonchev–Trinajstić information content (AvgIpc) is 2.52. The van der Waals surface area contributed by atoms with Gasteiger partial charge < -0.3 is 0 Å². The standard InChI is InChI=1S/C10H14BrNS/c1-7(2)10-12-9(6-13-10)4-8(3)5-11/h4,6-7H,5H2,1-3H3/b8-4-. The van der Waals surface area contributed by atoms with Crippen LogP contribution < -0.4 is 0 Å². The van der Waals surface area contributed by atoms with Gasteiger partial charge in [0, 0.05) is 16.6 Å². The second-order valence-corrected chi connectivity index (χ2v) is 4.84. The van der Waals surface area contributed by atoms with Crippen LogP contribution in [0, 0.1) is 0 Å². The maximum Gasteiger partial charge on any atom is 0.0957 e. The quantitative estimate of drug-likeness (QED) is 0.747. The molecule has 1 aromatic heterocycles. The molecular weight excluding hydrogens is 246 g/mol. The van der Waals surface area contributed by atoms with Crippen molar-refractivity contribution in [3.63, 3.8) is 0 Å². The van der Waals surface area contributed by atoms with Crippen LogP contribution in [0.3, 0.4) is 0 Å². The molecule has 72 valence electrons. The van der Waals surface area contributed by atoms with Gasteiger partial charge in [-0.3, -0.25) is 0 Å². The van der Waals surface area contributed by atoms with Crippen molar-refractivity contribution in [1.82, 2.24) is 4.98 Å². The van der Waals surface area contributed by atoms with Gasteiger partial charge in [-0.2, -0.15) is 0 Å². The van der Waals surface area contributed by atoms with Crippen LogP contribution in [-0.4, -0.2) is 10.3 Å². The van der Waals surface area contributed by atoms with Gasteiger partial charge in [0.15, 0.2) is 0 Å². The molecule has 1 aromatic rings. The van der Waals surface area contributed by atoms with Crippen molar-refractivity contribution in [2.45, 2.75) is 26.7 Å². The summed E-state index contributed by atoms with van der Waals surface area (Å²) in [6, 6.07) is 0. The second kappa shape index (κ2) is 4.91. The van der Waals surface area contributed by atoms with Crippen molar-refractivity contribution in [2.24, 2.45) is 0 Å². The zero-order chi connectivity index (χ0) is 9.84. The van der Waals surface area contributed by atoms with Crippen molar-refractivity contribution in [3.05, 3.63) is 21.7 Å². The molecule has 0 saturated heterocycles. The minimum absolute atomic E-state index is 0.538. The van der Waals surface area contributed by atoms with E-state index < -0.39 is 0 Å². The van der Waals surface area contributed by atoms with Gasteiger partial charge in [-0.15, -0.1) is 11.3 Å². The fourth-order valence-corrected chi connectivity index (χ4v) is 1.88. The Kier molecular flexibility index (Phi) is 4.13. The smallest absolute Gasteiger partial charge is 0.0957 e. The van der Waals surface area contributed by atoms with E-state index in [9.17, 15) is 0 Å². The third-order valence-electron chi connectivity index (χ3n) is 1.64. The third-order valence-corrected chi connectivity index (χ3v) is 3.69. The summed E-state index contributed by atoms with van der Waals surface area (Å²) in [5.74, 6) is 0.538. The van der Waals surface area contributed by atoms with Crippen molar-refractivity contribution >= 4 is 33.3 Å². The summed E-state index contributed by atoms with van der Waals surface area (Å²) < 4.78 is 0. The van der Waals surface area contributed by atoms with Crippen molar-refractivity contribution in [2.75, 3.05) is 5.33 Å². The molecule has 0 radical (unpaired) electrons. The number of hydrogen-bond acceptors (Lipinski definition) is 2. The SMILES string of the molecule is C/C(=C/c1csc(C(C)C)n1)CBr. The Balaban J connectivity index is 2.80. The molecule has 0 amide bonds. The third kappa shape index (κ3) is 3.24. The summed E-state index contributed by atoms with van der Waals surface area (Å²) in [4.78, 5) is 4.52. The number of alkyl halides is 1. The molecule has 0 aromatic carbocycles. The Hall–Kier alpha value is -0.150. The van der Waals surface area contributed by atoms with Crippen LogP contribution in [0.4, 0.5) is 0 Å². The molecule has 3 heteroatoms. The summed E-state index contributed by atoms with van der Waals surface area (Å²) in [5.41, 5.74) is 2.39. The molecule has 1 heterocycles. The summed E-state index contributed by atoms with van der Waals surface area (Å²) in [7, 11) is 0. The molecule has 0 fully saturated rings. The molecule has 13 heavy (non-hydrogen) atoms. The number of rotatable bonds is 3. The summed E-state index contributed by atoms with van der Waals surface area (Å²) in [5, 5.41) is 4.25. The predicted molar refractivity (Wildman–Crippen MR) is 63.6 cm³/mol. The first-order valence-electron chi connectivity index (χ1n) is 4.32. The van der Waals surface area contributed by atoms with Gasteiger partial charge in [0.1, 0.15) is 0 Å². The van der Waals surface area contributed by atoms with Crippen molar-refractivity contribution < 1.29 is 0 Å². The lowest BCUT2D eigenvalue weighted by molar-refractivity contribution is 0.851. The maximum absolute atomic E-state index is 4.52. The molecule has 0 N–H and O–H groups in total. The van der Waals surface area contributed by atoms with Crippen LogP contribution in [0.5, 0.6) is 0 Å². The van der Waals surface area contributed by atoms with Gasteiger partial charge in [0.05, 0.1) is 10.7 Å². The number of hydrogen-bond donors (Lipinski definition) is 0. The van der Waals surface area contributed by atoms with E-state index in [1.807, 2.05) is 0 Å².